The van der Waals surface area contributed by atoms with Crippen LogP contribution >= 0.6 is 11.6 Å². The lowest BCUT2D eigenvalue weighted by Crippen LogP contribution is -2.40. The summed E-state index contributed by atoms with van der Waals surface area (Å²) in [5, 5.41) is 11.5. The van der Waals surface area contributed by atoms with E-state index in [1.54, 1.807) is 54.6 Å². The molecule has 0 atom stereocenters. The highest BCUT2D eigenvalue weighted by Crippen LogP contribution is 2.25. The van der Waals surface area contributed by atoms with Crippen LogP contribution in [0, 0.1) is 11.3 Å². The Hall–Kier alpha value is -5.00. The van der Waals surface area contributed by atoms with Crippen molar-refractivity contribution >= 4 is 35.4 Å². The number of carbonyl (C=O) groups is 1. The number of aromatic nitrogens is 2. The van der Waals surface area contributed by atoms with Crippen LogP contribution < -0.4 is 11.0 Å². The maximum absolute atomic E-state index is 13.5. The van der Waals surface area contributed by atoms with Crippen LogP contribution in [-0.2, 0) is 11.8 Å². The van der Waals surface area contributed by atoms with E-state index in [4.69, 9.17) is 11.6 Å². The van der Waals surface area contributed by atoms with Gasteiger partial charge in [-0.15, -0.1) is 0 Å². The first-order valence-electron chi connectivity index (χ1n) is 11.3. The van der Waals surface area contributed by atoms with Crippen molar-refractivity contribution in [2.24, 2.45) is 12.0 Å². The number of rotatable bonds is 5. The molecule has 180 valence electrons. The minimum atomic E-state index is -0.541. The number of nitriles is 1. The number of hydrazine groups is 1. The van der Waals surface area contributed by atoms with E-state index in [9.17, 15) is 14.9 Å². The third kappa shape index (κ3) is 4.63. The number of benzene rings is 3. The molecule has 4 aromatic rings. The van der Waals surface area contributed by atoms with Crippen LogP contribution in [0.4, 0.5) is 5.95 Å². The Morgan fingerprint density at radius 2 is 1.54 bits per heavy atom. The monoisotopic (exact) mass is 506 g/mol. The fourth-order valence-electron chi connectivity index (χ4n) is 3.83. The van der Waals surface area contributed by atoms with Gasteiger partial charge in [0.2, 0.25) is 5.95 Å². The zero-order chi connectivity index (χ0) is 25.9. The average molecular weight is 507 g/mol. The smallest absolute Gasteiger partial charge is 0.279 e. The van der Waals surface area contributed by atoms with Gasteiger partial charge in [-0.1, -0.05) is 84.4 Å². The minimum Gasteiger partial charge on any atom is -0.279 e. The number of halogens is 1. The van der Waals surface area contributed by atoms with Gasteiger partial charge in [-0.2, -0.15) is 10.3 Å². The molecule has 0 unspecified atom stereocenters. The Balaban J connectivity index is 1.60. The summed E-state index contributed by atoms with van der Waals surface area (Å²) in [6, 6.07) is 27.1. The quantitative estimate of drug-likeness (QED) is 0.397. The van der Waals surface area contributed by atoms with Crippen molar-refractivity contribution in [2.75, 3.05) is 5.43 Å². The van der Waals surface area contributed by atoms with Gasteiger partial charge in [0.1, 0.15) is 17.3 Å². The number of hydrogen-bond donors (Lipinski definition) is 1. The van der Waals surface area contributed by atoms with Gasteiger partial charge in [0.05, 0.1) is 5.69 Å². The molecule has 1 aliphatic heterocycles. The van der Waals surface area contributed by atoms with Gasteiger partial charge in [0, 0.05) is 23.2 Å². The van der Waals surface area contributed by atoms with Crippen LogP contribution in [0.15, 0.2) is 100 Å². The number of aliphatic imine (C=N–C) groups is 1. The lowest BCUT2D eigenvalue weighted by Gasteiger charge is -2.21. The molecular formula is C28H19ClN6O2. The molecule has 1 aromatic heterocycles. The molecule has 0 spiro atoms. The van der Waals surface area contributed by atoms with Crippen molar-refractivity contribution < 1.29 is 4.79 Å². The molecule has 3 aromatic carbocycles. The minimum absolute atomic E-state index is 0.0765. The summed E-state index contributed by atoms with van der Waals surface area (Å²) in [5.74, 6) is -0.0214. The molecule has 1 aliphatic rings. The molecule has 0 saturated heterocycles. The first-order valence-corrected chi connectivity index (χ1v) is 11.6. The largest absolute Gasteiger partial charge is 0.297 e. The van der Waals surface area contributed by atoms with Crippen LogP contribution in [0.3, 0.4) is 0 Å². The van der Waals surface area contributed by atoms with Gasteiger partial charge in [-0.25, -0.2) is 9.98 Å². The van der Waals surface area contributed by atoms with E-state index in [-0.39, 0.29) is 22.9 Å². The molecule has 8 nitrogen and oxygen atoms in total. The van der Waals surface area contributed by atoms with E-state index >= 15 is 0 Å². The van der Waals surface area contributed by atoms with Crippen molar-refractivity contribution in [3.05, 3.63) is 123 Å². The fourth-order valence-corrected chi connectivity index (χ4v) is 3.95. The van der Waals surface area contributed by atoms with Crippen LogP contribution in [0.2, 0.25) is 5.02 Å². The summed E-state index contributed by atoms with van der Waals surface area (Å²) in [5.41, 5.74) is 4.79. The first kappa shape index (κ1) is 23.7. The third-order valence-corrected chi connectivity index (χ3v) is 5.98. The second kappa shape index (κ2) is 9.93. The highest BCUT2D eigenvalue weighted by atomic mass is 35.5. The Bertz CT molecular complexity index is 1650. The van der Waals surface area contributed by atoms with Crippen LogP contribution in [0.5, 0.6) is 0 Å². The van der Waals surface area contributed by atoms with Crippen molar-refractivity contribution in [2.45, 2.75) is 0 Å². The molecule has 5 rings (SSSR count). The number of nitrogens with zero attached hydrogens (tertiary/aromatic N) is 5. The maximum atomic E-state index is 13.5. The summed E-state index contributed by atoms with van der Waals surface area (Å²) >= 11 is 5.99. The Kier molecular flexibility index (Phi) is 6.37. The normalized spacial score (nSPS) is 14.0. The zero-order valence-electron chi connectivity index (χ0n) is 19.6. The van der Waals surface area contributed by atoms with Gasteiger partial charge in [-0.3, -0.25) is 19.6 Å². The lowest BCUT2D eigenvalue weighted by molar-refractivity contribution is -0.121. The predicted molar refractivity (Wildman–Crippen MR) is 143 cm³/mol. The van der Waals surface area contributed by atoms with Crippen molar-refractivity contribution in [1.82, 2.24) is 14.6 Å². The summed E-state index contributed by atoms with van der Waals surface area (Å²) in [7, 11) is 1.48. The van der Waals surface area contributed by atoms with Crippen LogP contribution in [0.1, 0.15) is 16.7 Å². The van der Waals surface area contributed by atoms with Crippen molar-refractivity contribution in [3.8, 4) is 17.3 Å². The molecule has 0 saturated carbocycles. The maximum Gasteiger partial charge on any atom is 0.297 e. The Morgan fingerprint density at radius 3 is 2.16 bits per heavy atom. The van der Waals surface area contributed by atoms with Gasteiger partial charge in [0.15, 0.2) is 5.84 Å². The number of amides is 1. The van der Waals surface area contributed by atoms with Crippen molar-refractivity contribution in [1.29, 1.82) is 5.26 Å². The second-order valence-electron chi connectivity index (χ2n) is 8.14. The molecule has 1 N–H and O–H groups in total. The summed E-state index contributed by atoms with van der Waals surface area (Å²) in [6.45, 7) is 0. The number of nitrogens with one attached hydrogen (secondary N) is 1. The van der Waals surface area contributed by atoms with E-state index < -0.39 is 11.5 Å². The molecule has 0 fully saturated rings. The topological polar surface area (TPSA) is 103 Å². The molecule has 0 radical (unpaired) electrons. The third-order valence-electron chi connectivity index (χ3n) is 5.73. The second-order valence-corrected chi connectivity index (χ2v) is 8.57. The zero-order valence-corrected chi connectivity index (χ0v) is 20.3. The van der Waals surface area contributed by atoms with E-state index in [1.807, 2.05) is 42.5 Å². The van der Waals surface area contributed by atoms with Gasteiger partial charge >= 0.3 is 0 Å². The van der Waals surface area contributed by atoms with E-state index in [1.165, 1.54) is 16.6 Å². The number of hydrogen-bond acceptors (Lipinski definition) is 6. The average Bonchev–Trinajstić information content (AvgIpc) is 3.23. The fraction of sp³-hybridized carbons (Fsp3) is 0.0357. The van der Waals surface area contributed by atoms with Gasteiger partial charge in [0.25, 0.3) is 11.5 Å². The molecule has 2 heterocycles. The number of anilines is 1. The summed E-state index contributed by atoms with van der Waals surface area (Å²) < 4.78 is 1.20. The van der Waals surface area contributed by atoms with E-state index in [0.29, 0.717) is 22.0 Å². The first-order chi connectivity index (χ1) is 18.0. The summed E-state index contributed by atoms with van der Waals surface area (Å²) in [4.78, 5) is 35.7. The summed E-state index contributed by atoms with van der Waals surface area (Å²) in [6.07, 6.45) is 1.66. The van der Waals surface area contributed by atoms with Crippen molar-refractivity contribution in [3.63, 3.8) is 0 Å². The van der Waals surface area contributed by atoms with Crippen LogP contribution in [-0.4, -0.2) is 26.3 Å². The standard InChI is InChI=1S/C28H19ClN6O2/c1-34-26(36)22(17-30)24(19-8-4-2-5-9-19)32-28(34)33-35-25(20-10-6-3-7-11-20)31-23(27(35)37)16-18-12-14-21(29)15-13-18/h2-16H,1H3,(H,32,33)/b23-16-. The number of amidine groups is 1. The predicted octanol–water partition coefficient (Wildman–Crippen LogP) is 4.63. The number of carbonyl (C=O) groups excluding carboxylic acids is 1. The Morgan fingerprint density at radius 1 is 0.919 bits per heavy atom. The Labute approximate surface area is 217 Å². The molecular weight excluding hydrogens is 488 g/mol. The van der Waals surface area contributed by atoms with Gasteiger partial charge < -0.3 is 0 Å². The SMILES string of the molecule is Cn1c(NN2C(=O)/C(=C/c3ccc(Cl)cc3)N=C2c2ccccc2)nc(-c2ccccc2)c(C#N)c1=O. The molecule has 1 amide bonds. The molecule has 0 bridgehead atoms. The van der Waals surface area contributed by atoms with Crippen LogP contribution in [0.25, 0.3) is 17.3 Å². The van der Waals surface area contributed by atoms with Gasteiger partial charge in [-0.05, 0) is 23.8 Å². The molecule has 9 heteroatoms. The molecule has 37 heavy (non-hydrogen) atoms. The highest BCUT2D eigenvalue weighted by Gasteiger charge is 2.33. The van der Waals surface area contributed by atoms with E-state index in [0.717, 1.165) is 5.56 Å². The lowest BCUT2D eigenvalue weighted by atomic mass is 10.1. The molecule has 0 aliphatic carbocycles. The highest BCUT2D eigenvalue weighted by molar-refractivity contribution is 6.30. The van der Waals surface area contributed by atoms with E-state index in [2.05, 4.69) is 15.4 Å².